The predicted octanol–water partition coefficient (Wildman–Crippen LogP) is -2.14. The number of fused-ring (bicyclic) bond motifs is 1. The number of carboxylic acids is 1. The number of hydrogen-bond donors (Lipinski definition) is 10. The van der Waals surface area contributed by atoms with Gasteiger partial charge < -0.3 is 57.4 Å². The van der Waals surface area contributed by atoms with Crippen molar-refractivity contribution in [3.05, 3.63) is 46.7 Å². The van der Waals surface area contributed by atoms with Crippen LogP contribution < -0.4 is 32.7 Å². The number of guanidine groups is 1. The number of rotatable bonds is 15. The summed E-state index contributed by atoms with van der Waals surface area (Å²) in [6.45, 7) is 5.87. The molecular weight excluding hydrogens is 628 g/mol. The molecule has 12 N–H and O–H groups in total. The number of para-hydroxylation sites is 1. The van der Waals surface area contributed by atoms with Crippen LogP contribution in [0.25, 0.3) is 11.0 Å². The van der Waals surface area contributed by atoms with Crippen molar-refractivity contribution in [1.82, 2.24) is 26.2 Å². The molecule has 0 radical (unpaired) electrons. The number of carbonyl (C=O) groups is 5. The number of benzene rings is 1. The number of aliphatic hydroxyl groups is 2. The molecule has 3 rings (SSSR count). The third kappa shape index (κ3) is 9.30. The van der Waals surface area contributed by atoms with Crippen molar-refractivity contribution < 1.29 is 43.7 Å². The Morgan fingerprint density at radius 1 is 0.958 bits per heavy atom. The lowest BCUT2D eigenvalue weighted by Crippen LogP contribution is -2.59. The summed E-state index contributed by atoms with van der Waals surface area (Å²) in [7, 11) is 0. The normalized spacial score (nSPS) is 16.6. The van der Waals surface area contributed by atoms with Crippen molar-refractivity contribution in [2.75, 3.05) is 19.7 Å². The Balaban J connectivity index is 1.66. The lowest BCUT2D eigenvalue weighted by Gasteiger charge is -2.25. The zero-order valence-corrected chi connectivity index (χ0v) is 27.2. The molecule has 17 heteroatoms. The molecule has 0 aliphatic carbocycles. The zero-order chi connectivity index (χ0) is 35.9. The van der Waals surface area contributed by atoms with Crippen molar-refractivity contribution in [3.63, 3.8) is 0 Å². The Morgan fingerprint density at radius 3 is 2.15 bits per heavy atom. The minimum Gasteiger partial charge on any atom is -0.480 e. The summed E-state index contributed by atoms with van der Waals surface area (Å²) in [6, 6.07) is -1.36. The Kier molecular flexibility index (Phi) is 12.6. The van der Waals surface area contributed by atoms with Gasteiger partial charge in [-0.15, -0.1) is 0 Å². The summed E-state index contributed by atoms with van der Waals surface area (Å²) in [5.74, 6) is -4.66. The SMILES string of the molecule is Cc1c(CC(NC(=O)C(C)NC(=O)C(CO)NC(=O)C(CC2=CCN(C(=N)N)C2)NC(=O)C(N)C(C)O)C(=O)O)oc2c(C)cccc12. The van der Waals surface area contributed by atoms with Gasteiger partial charge in [0.15, 0.2) is 5.96 Å². The highest BCUT2D eigenvalue weighted by Crippen LogP contribution is 2.28. The highest BCUT2D eigenvalue weighted by atomic mass is 16.4. The van der Waals surface area contributed by atoms with E-state index in [2.05, 4.69) is 21.3 Å². The Hall–Kier alpha value is -5.00. The Labute approximate surface area is 276 Å². The van der Waals surface area contributed by atoms with E-state index in [4.69, 9.17) is 21.3 Å². The van der Waals surface area contributed by atoms with E-state index in [1.807, 2.05) is 25.1 Å². The molecule has 48 heavy (non-hydrogen) atoms. The molecule has 0 spiro atoms. The van der Waals surface area contributed by atoms with Gasteiger partial charge in [0.25, 0.3) is 0 Å². The minimum absolute atomic E-state index is 0.0622. The average molecular weight is 673 g/mol. The fourth-order valence-corrected chi connectivity index (χ4v) is 5.06. The monoisotopic (exact) mass is 672 g/mol. The summed E-state index contributed by atoms with van der Waals surface area (Å²) in [5, 5.41) is 47.4. The van der Waals surface area contributed by atoms with Crippen LogP contribution in [0.3, 0.4) is 0 Å². The molecule has 1 aromatic heterocycles. The second-order valence-corrected chi connectivity index (χ2v) is 11.8. The van der Waals surface area contributed by atoms with E-state index in [0.29, 0.717) is 23.5 Å². The van der Waals surface area contributed by atoms with E-state index in [9.17, 15) is 39.3 Å². The smallest absolute Gasteiger partial charge is 0.326 e. The number of aliphatic hydroxyl groups excluding tert-OH is 2. The topological polar surface area (TPSA) is 286 Å². The molecule has 262 valence electrons. The van der Waals surface area contributed by atoms with Crippen LogP contribution in [-0.4, -0.2) is 112 Å². The number of nitrogens with zero attached hydrogens (tertiary/aromatic N) is 1. The standard InChI is InChI=1S/C31H44N8O9/c1-14-6-5-7-19-15(2)23(48-25(14)19)11-21(30(46)47)37-26(42)16(3)35-28(44)22(13-40)38-27(43)20(36-29(45)24(32)17(4)41)10-18-8-9-39(12-18)31(33)34/h5-8,16-17,20-22,24,40-41H,9-13,32H2,1-4H3,(H3,33,34)(H,35,44)(H,36,45)(H,37,42)(H,38,43)(H,46,47). The van der Waals surface area contributed by atoms with Gasteiger partial charge in [-0.25, -0.2) is 4.79 Å². The van der Waals surface area contributed by atoms with E-state index in [-0.39, 0.29) is 25.3 Å². The van der Waals surface area contributed by atoms with Gasteiger partial charge in [0, 0.05) is 24.9 Å². The van der Waals surface area contributed by atoms with E-state index < -0.39 is 72.5 Å². The first-order chi connectivity index (χ1) is 22.5. The highest BCUT2D eigenvalue weighted by molar-refractivity contribution is 5.95. The predicted molar refractivity (Wildman–Crippen MR) is 173 cm³/mol. The molecule has 2 aromatic rings. The van der Waals surface area contributed by atoms with Gasteiger partial charge in [0.05, 0.1) is 12.7 Å². The number of furan rings is 1. The molecule has 4 amide bonds. The largest absolute Gasteiger partial charge is 0.480 e. The first-order valence-corrected chi connectivity index (χ1v) is 15.3. The van der Waals surface area contributed by atoms with Gasteiger partial charge in [-0.2, -0.15) is 0 Å². The molecule has 1 aromatic carbocycles. The summed E-state index contributed by atoms with van der Waals surface area (Å²) in [4.78, 5) is 65.4. The molecule has 1 aliphatic rings. The van der Waals surface area contributed by atoms with Crippen LogP contribution in [0, 0.1) is 19.3 Å². The Morgan fingerprint density at radius 2 is 1.58 bits per heavy atom. The van der Waals surface area contributed by atoms with Crippen molar-refractivity contribution in [2.45, 2.75) is 76.8 Å². The van der Waals surface area contributed by atoms with Gasteiger partial charge in [-0.1, -0.05) is 29.8 Å². The third-order valence-electron chi connectivity index (χ3n) is 8.09. The van der Waals surface area contributed by atoms with E-state index in [1.165, 1.54) is 18.7 Å². The van der Waals surface area contributed by atoms with Crippen LogP contribution >= 0.6 is 0 Å². The Bertz CT molecular complexity index is 1590. The van der Waals surface area contributed by atoms with Crippen LogP contribution in [0.1, 0.15) is 37.2 Å². The highest BCUT2D eigenvalue weighted by Gasteiger charge is 2.32. The molecule has 1 aliphatic heterocycles. The van der Waals surface area contributed by atoms with Gasteiger partial charge in [0.1, 0.15) is 41.6 Å². The van der Waals surface area contributed by atoms with Crippen LogP contribution in [0.5, 0.6) is 0 Å². The fraction of sp³-hybridized carbons (Fsp3) is 0.484. The van der Waals surface area contributed by atoms with Gasteiger partial charge in [-0.05, 0) is 45.2 Å². The maximum Gasteiger partial charge on any atom is 0.326 e. The number of carboxylic acid groups (broad SMARTS) is 1. The number of aryl methyl sites for hydroxylation is 2. The second kappa shape index (κ2) is 16.2. The maximum atomic E-state index is 13.3. The van der Waals surface area contributed by atoms with Crippen LogP contribution in [-0.2, 0) is 30.4 Å². The molecule has 17 nitrogen and oxygen atoms in total. The van der Waals surface area contributed by atoms with Crippen molar-refractivity contribution >= 4 is 46.5 Å². The van der Waals surface area contributed by atoms with Crippen LogP contribution in [0.15, 0.2) is 34.3 Å². The number of amides is 4. The zero-order valence-electron chi connectivity index (χ0n) is 27.2. The molecule has 6 atom stereocenters. The molecule has 6 unspecified atom stereocenters. The third-order valence-corrected chi connectivity index (χ3v) is 8.09. The molecule has 0 saturated heterocycles. The molecule has 0 saturated carbocycles. The summed E-state index contributed by atoms with van der Waals surface area (Å²) >= 11 is 0. The molecule has 2 heterocycles. The average Bonchev–Trinajstić information content (AvgIpc) is 3.63. The number of nitrogens with one attached hydrogen (secondary N) is 5. The van der Waals surface area contributed by atoms with E-state index >= 15 is 0 Å². The summed E-state index contributed by atoms with van der Waals surface area (Å²) in [5.41, 5.74) is 14.1. The van der Waals surface area contributed by atoms with Crippen LogP contribution in [0.2, 0.25) is 0 Å². The second-order valence-electron chi connectivity index (χ2n) is 11.8. The van der Waals surface area contributed by atoms with E-state index in [1.54, 1.807) is 13.0 Å². The quantitative estimate of drug-likeness (QED) is 0.0551. The lowest BCUT2D eigenvalue weighted by molar-refractivity contribution is -0.142. The maximum absolute atomic E-state index is 13.3. The fourth-order valence-electron chi connectivity index (χ4n) is 5.06. The molecular formula is C31H44N8O9. The summed E-state index contributed by atoms with van der Waals surface area (Å²) in [6.07, 6.45) is 0.264. The molecule has 0 bridgehead atoms. The van der Waals surface area contributed by atoms with E-state index in [0.717, 1.165) is 16.5 Å². The number of aliphatic carboxylic acids is 1. The van der Waals surface area contributed by atoms with Gasteiger partial charge in [-0.3, -0.25) is 24.6 Å². The van der Waals surface area contributed by atoms with Gasteiger partial charge >= 0.3 is 5.97 Å². The lowest BCUT2D eigenvalue weighted by atomic mass is 10.0. The van der Waals surface area contributed by atoms with Gasteiger partial charge in [0.2, 0.25) is 23.6 Å². The van der Waals surface area contributed by atoms with Crippen LogP contribution in [0.4, 0.5) is 0 Å². The summed E-state index contributed by atoms with van der Waals surface area (Å²) < 4.78 is 5.91. The van der Waals surface area contributed by atoms with Crippen molar-refractivity contribution in [3.8, 4) is 0 Å². The number of nitrogens with two attached hydrogens (primary N) is 2. The van der Waals surface area contributed by atoms with Crippen molar-refractivity contribution in [2.24, 2.45) is 11.5 Å². The first-order valence-electron chi connectivity index (χ1n) is 15.3. The number of hydrogen-bond acceptors (Lipinski definition) is 10. The minimum atomic E-state index is -1.57. The van der Waals surface area contributed by atoms with Crippen molar-refractivity contribution in [1.29, 1.82) is 5.41 Å². The first kappa shape index (κ1) is 37.5. The number of carbonyl (C=O) groups excluding carboxylic acids is 4. The molecule has 0 fully saturated rings.